The van der Waals surface area contributed by atoms with Crippen LogP contribution >= 0.6 is 23.2 Å². The summed E-state index contributed by atoms with van der Waals surface area (Å²) in [5.41, 5.74) is 0.552. The summed E-state index contributed by atoms with van der Waals surface area (Å²) in [6, 6.07) is 7.16. The fourth-order valence-corrected chi connectivity index (χ4v) is 2.47. The van der Waals surface area contributed by atoms with E-state index in [1.807, 2.05) is 0 Å². The first-order valence-electron chi connectivity index (χ1n) is 6.68. The summed E-state index contributed by atoms with van der Waals surface area (Å²) in [5.74, 6) is -0.826. The first-order chi connectivity index (χ1) is 11.4. The van der Waals surface area contributed by atoms with Crippen molar-refractivity contribution >= 4 is 40.5 Å². The van der Waals surface area contributed by atoms with Gasteiger partial charge in [-0.1, -0.05) is 23.2 Å². The minimum Gasteiger partial charge on any atom is -0.455 e. The third kappa shape index (κ3) is 3.32. The fourth-order valence-electron chi connectivity index (χ4n) is 2.13. The van der Waals surface area contributed by atoms with Gasteiger partial charge in [-0.3, -0.25) is 10.1 Å². The lowest BCUT2D eigenvalue weighted by atomic mass is 10.2. The molecule has 24 heavy (non-hydrogen) atoms. The van der Waals surface area contributed by atoms with Crippen LogP contribution in [0.5, 0.6) is 0 Å². The standard InChI is InChI=1S/C15H9Cl2N3O4/c16-9-1-3-12(13(5-9)20(22)23)15(21)24-8-11-7-19-6-10(17)2-4-14(19)18-11/h1-7H,8H2. The lowest BCUT2D eigenvalue weighted by Gasteiger charge is -2.04. The monoisotopic (exact) mass is 365 g/mol. The minimum atomic E-state index is -0.826. The largest absolute Gasteiger partial charge is 0.455 e. The SMILES string of the molecule is O=C(OCc1cn2cc(Cl)ccc2n1)c1ccc(Cl)cc1[N+](=O)[O-]. The van der Waals surface area contributed by atoms with Gasteiger partial charge in [0.2, 0.25) is 0 Å². The average molecular weight is 366 g/mol. The second-order valence-corrected chi connectivity index (χ2v) is 5.71. The van der Waals surface area contributed by atoms with E-state index in [-0.39, 0.29) is 17.2 Å². The molecule has 0 atom stereocenters. The highest BCUT2D eigenvalue weighted by Crippen LogP contribution is 2.24. The second-order valence-electron chi connectivity index (χ2n) is 4.84. The van der Waals surface area contributed by atoms with Gasteiger partial charge < -0.3 is 9.14 Å². The number of aromatic nitrogens is 2. The van der Waals surface area contributed by atoms with Crippen molar-refractivity contribution in [3.8, 4) is 0 Å². The van der Waals surface area contributed by atoms with Gasteiger partial charge in [-0.2, -0.15) is 0 Å². The van der Waals surface area contributed by atoms with Crippen LogP contribution in [0.4, 0.5) is 5.69 Å². The molecule has 0 spiro atoms. The summed E-state index contributed by atoms with van der Waals surface area (Å²) in [7, 11) is 0. The molecule has 0 saturated heterocycles. The van der Waals surface area contributed by atoms with Crippen molar-refractivity contribution in [2.45, 2.75) is 6.61 Å². The van der Waals surface area contributed by atoms with Crippen molar-refractivity contribution in [1.29, 1.82) is 0 Å². The van der Waals surface area contributed by atoms with E-state index in [1.54, 1.807) is 28.9 Å². The van der Waals surface area contributed by atoms with Gasteiger partial charge in [-0.25, -0.2) is 9.78 Å². The number of carbonyl (C=O) groups excluding carboxylic acids is 1. The maximum Gasteiger partial charge on any atom is 0.345 e. The molecule has 0 aliphatic heterocycles. The van der Waals surface area contributed by atoms with E-state index in [4.69, 9.17) is 27.9 Å². The van der Waals surface area contributed by atoms with Crippen molar-refractivity contribution in [3.05, 3.63) is 74.1 Å². The van der Waals surface area contributed by atoms with Gasteiger partial charge in [0.15, 0.2) is 0 Å². The minimum absolute atomic E-state index is 0.127. The third-order valence-electron chi connectivity index (χ3n) is 3.19. The van der Waals surface area contributed by atoms with Crippen LogP contribution in [0.15, 0.2) is 42.7 Å². The van der Waals surface area contributed by atoms with Crippen LogP contribution in [-0.2, 0) is 11.3 Å². The molecule has 0 aliphatic rings. The van der Waals surface area contributed by atoms with Gasteiger partial charge in [-0.15, -0.1) is 0 Å². The number of nitrogens with zero attached hydrogens (tertiary/aromatic N) is 3. The Morgan fingerprint density at radius 1 is 1.21 bits per heavy atom. The summed E-state index contributed by atoms with van der Waals surface area (Å²) in [6.45, 7) is -0.127. The Balaban J connectivity index is 1.78. The molecule has 9 heteroatoms. The van der Waals surface area contributed by atoms with E-state index in [0.29, 0.717) is 16.4 Å². The Bertz CT molecular complexity index is 955. The van der Waals surface area contributed by atoms with E-state index in [2.05, 4.69) is 4.98 Å². The van der Waals surface area contributed by atoms with Crippen LogP contribution in [0.2, 0.25) is 10.0 Å². The summed E-state index contributed by atoms with van der Waals surface area (Å²) < 4.78 is 6.80. The Hall–Kier alpha value is -2.64. The summed E-state index contributed by atoms with van der Waals surface area (Å²) in [6.07, 6.45) is 3.32. The highest BCUT2D eigenvalue weighted by atomic mass is 35.5. The molecule has 2 heterocycles. The quantitative estimate of drug-likeness (QED) is 0.397. The number of nitro benzene ring substituents is 1. The number of ether oxygens (including phenoxy) is 1. The first-order valence-corrected chi connectivity index (χ1v) is 7.44. The van der Waals surface area contributed by atoms with Crippen molar-refractivity contribution in [2.75, 3.05) is 0 Å². The number of carbonyl (C=O) groups is 1. The zero-order valence-corrected chi connectivity index (χ0v) is 13.5. The molecular formula is C15H9Cl2N3O4. The van der Waals surface area contributed by atoms with E-state index in [1.165, 1.54) is 12.1 Å². The maximum absolute atomic E-state index is 12.1. The van der Waals surface area contributed by atoms with Crippen LogP contribution in [0.25, 0.3) is 5.65 Å². The molecule has 0 amide bonds. The first kappa shape index (κ1) is 16.2. The predicted molar refractivity (Wildman–Crippen MR) is 87.4 cm³/mol. The number of esters is 1. The Morgan fingerprint density at radius 3 is 2.71 bits per heavy atom. The van der Waals surface area contributed by atoms with Gasteiger partial charge in [0.05, 0.1) is 15.6 Å². The third-order valence-corrected chi connectivity index (χ3v) is 3.65. The normalized spacial score (nSPS) is 10.8. The van der Waals surface area contributed by atoms with Gasteiger partial charge in [0, 0.05) is 23.5 Å². The van der Waals surface area contributed by atoms with Crippen LogP contribution in [-0.4, -0.2) is 20.3 Å². The molecule has 3 rings (SSSR count). The van der Waals surface area contributed by atoms with Crippen molar-refractivity contribution in [3.63, 3.8) is 0 Å². The lowest BCUT2D eigenvalue weighted by molar-refractivity contribution is -0.385. The molecule has 0 radical (unpaired) electrons. The highest BCUT2D eigenvalue weighted by Gasteiger charge is 2.22. The Morgan fingerprint density at radius 2 is 1.96 bits per heavy atom. The summed E-state index contributed by atoms with van der Waals surface area (Å²) in [4.78, 5) is 26.7. The van der Waals surface area contributed by atoms with Crippen LogP contribution in [0.1, 0.15) is 16.1 Å². The number of imidazole rings is 1. The smallest absolute Gasteiger partial charge is 0.345 e. The van der Waals surface area contributed by atoms with Gasteiger partial charge in [0.25, 0.3) is 5.69 Å². The van der Waals surface area contributed by atoms with E-state index >= 15 is 0 Å². The molecule has 0 N–H and O–H groups in total. The Labute approximate surface area is 145 Å². The molecule has 1 aromatic carbocycles. The van der Waals surface area contributed by atoms with Crippen LogP contribution < -0.4 is 0 Å². The van der Waals surface area contributed by atoms with Gasteiger partial charge in [0.1, 0.15) is 17.8 Å². The molecule has 0 bridgehead atoms. The van der Waals surface area contributed by atoms with Crippen LogP contribution in [0.3, 0.4) is 0 Å². The number of benzene rings is 1. The number of hydrogen-bond donors (Lipinski definition) is 0. The molecule has 122 valence electrons. The fraction of sp³-hybridized carbons (Fsp3) is 0.0667. The van der Waals surface area contributed by atoms with Gasteiger partial charge >= 0.3 is 5.97 Å². The molecule has 0 aliphatic carbocycles. The molecule has 2 aromatic heterocycles. The average Bonchev–Trinajstić information content (AvgIpc) is 2.94. The zero-order chi connectivity index (χ0) is 17.3. The molecule has 7 nitrogen and oxygen atoms in total. The van der Waals surface area contributed by atoms with Crippen molar-refractivity contribution in [1.82, 2.24) is 9.38 Å². The number of fused-ring (bicyclic) bond motifs is 1. The van der Waals surface area contributed by atoms with Crippen molar-refractivity contribution in [2.24, 2.45) is 0 Å². The molecule has 3 aromatic rings. The van der Waals surface area contributed by atoms with Gasteiger partial charge in [-0.05, 0) is 24.3 Å². The summed E-state index contributed by atoms with van der Waals surface area (Å²) in [5, 5.41) is 11.7. The van der Waals surface area contributed by atoms with E-state index in [0.717, 1.165) is 6.07 Å². The van der Waals surface area contributed by atoms with Crippen LogP contribution in [0, 0.1) is 10.1 Å². The highest BCUT2D eigenvalue weighted by molar-refractivity contribution is 6.31. The zero-order valence-electron chi connectivity index (χ0n) is 12.0. The predicted octanol–water partition coefficient (Wildman–Crippen LogP) is 3.91. The van der Waals surface area contributed by atoms with E-state index in [9.17, 15) is 14.9 Å². The topological polar surface area (TPSA) is 86.7 Å². The van der Waals surface area contributed by atoms with Crippen molar-refractivity contribution < 1.29 is 14.5 Å². The molecule has 0 saturated carbocycles. The summed E-state index contributed by atoms with van der Waals surface area (Å²) >= 11 is 11.6. The maximum atomic E-state index is 12.1. The molecular weight excluding hydrogens is 357 g/mol. The number of pyridine rings is 1. The Kier molecular flexibility index (Phi) is 4.37. The lowest BCUT2D eigenvalue weighted by Crippen LogP contribution is -2.08. The van der Waals surface area contributed by atoms with E-state index < -0.39 is 16.6 Å². The number of hydrogen-bond acceptors (Lipinski definition) is 5. The number of rotatable bonds is 4. The molecule has 0 fully saturated rings. The second kappa shape index (κ2) is 6.46. The number of halogens is 2. The molecule has 0 unspecified atom stereocenters. The number of nitro groups is 1.